The third-order valence-electron chi connectivity index (χ3n) is 4.14. The summed E-state index contributed by atoms with van der Waals surface area (Å²) in [6, 6.07) is 0. The minimum atomic E-state index is 0.636. The predicted octanol–water partition coefficient (Wildman–Crippen LogP) is 3.42. The Morgan fingerprint density at radius 1 is 1.32 bits per heavy atom. The molecule has 2 unspecified atom stereocenters. The van der Waals surface area contributed by atoms with Crippen LogP contribution in [0, 0.1) is 18.8 Å². The van der Waals surface area contributed by atoms with E-state index in [0.717, 1.165) is 29.8 Å². The summed E-state index contributed by atoms with van der Waals surface area (Å²) in [6.45, 7) is 7.99. The fourth-order valence-electron chi connectivity index (χ4n) is 2.82. The fraction of sp³-hybridized carbons (Fsp3) is 0.733. The zero-order valence-corrected chi connectivity index (χ0v) is 12.3. The Labute approximate surface area is 116 Å². The van der Waals surface area contributed by atoms with Gasteiger partial charge in [0, 0.05) is 6.54 Å². The van der Waals surface area contributed by atoms with Gasteiger partial charge in [0.2, 0.25) is 5.88 Å². The largest absolute Gasteiger partial charge is 0.478 e. The zero-order valence-electron chi connectivity index (χ0n) is 12.3. The van der Waals surface area contributed by atoms with E-state index in [2.05, 4.69) is 22.2 Å². The third kappa shape index (κ3) is 3.58. The Bertz CT molecular complexity index is 408. The maximum Gasteiger partial charge on any atom is 0.221 e. The summed E-state index contributed by atoms with van der Waals surface area (Å²) in [5.74, 6) is 3.18. The van der Waals surface area contributed by atoms with Crippen LogP contribution >= 0.6 is 0 Å². The molecule has 0 aliphatic heterocycles. The molecule has 0 amide bonds. The van der Waals surface area contributed by atoms with E-state index < -0.39 is 0 Å². The van der Waals surface area contributed by atoms with Crippen molar-refractivity contribution >= 4 is 5.82 Å². The number of nitrogens with one attached hydrogen (secondary N) is 1. The molecule has 1 aliphatic rings. The first kappa shape index (κ1) is 14.1. The normalized spacial score (nSPS) is 23.1. The topological polar surface area (TPSA) is 47.0 Å². The van der Waals surface area contributed by atoms with Gasteiger partial charge in [-0.15, -0.1) is 0 Å². The van der Waals surface area contributed by atoms with Gasteiger partial charge in [0.15, 0.2) is 0 Å². The van der Waals surface area contributed by atoms with Crippen molar-refractivity contribution < 1.29 is 4.74 Å². The van der Waals surface area contributed by atoms with Gasteiger partial charge in [-0.2, -0.15) is 0 Å². The maximum atomic E-state index is 5.50. The Morgan fingerprint density at radius 3 is 2.84 bits per heavy atom. The standard InChI is InChI=1S/C15H25N3O/c1-4-19-15-12(3)14(17-10-18-15)16-9-13-8-6-5-7-11(13)2/h10-11,13H,4-9H2,1-3H3,(H,16,17,18). The molecule has 0 bridgehead atoms. The van der Waals surface area contributed by atoms with Crippen LogP contribution < -0.4 is 10.1 Å². The molecule has 0 spiro atoms. The molecule has 2 atom stereocenters. The van der Waals surface area contributed by atoms with Crippen LogP contribution in [0.4, 0.5) is 5.82 Å². The smallest absolute Gasteiger partial charge is 0.221 e. The maximum absolute atomic E-state index is 5.50. The van der Waals surface area contributed by atoms with Crippen LogP contribution in [0.2, 0.25) is 0 Å². The molecule has 0 aromatic carbocycles. The quantitative estimate of drug-likeness (QED) is 0.884. The van der Waals surface area contributed by atoms with Gasteiger partial charge in [-0.25, -0.2) is 9.97 Å². The Morgan fingerprint density at radius 2 is 2.11 bits per heavy atom. The summed E-state index contributed by atoms with van der Waals surface area (Å²) < 4.78 is 5.50. The van der Waals surface area contributed by atoms with Crippen molar-refractivity contribution in [1.82, 2.24) is 9.97 Å². The summed E-state index contributed by atoms with van der Waals surface area (Å²) in [4.78, 5) is 8.49. The van der Waals surface area contributed by atoms with Crippen molar-refractivity contribution in [1.29, 1.82) is 0 Å². The number of anilines is 1. The highest BCUT2D eigenvalue weighted by Crippen LogP contribution is 2.30. The number of aromatic nitrogens is 2. The van der Waals surface area contributed by atoms with Gasteiger partial charge >= 0.3 is 0 Å². The Kier molecular flexibility index (Phi) is 5.00. The highest BCUT2D eigenvalue weighted by atomic mass is 16.5. The lowest BCUT2D eigenvalue weighted by Gasteiger charge is -2.29. The van der Waals surface area contributed by atoms with Crippen molar-refractivity contribution in [3.05, 3.63) is 11.9 Å². The van der Waals surface area contributed by atoms with Gasteiger partial charge in [-0.1, -0.05) is 26.2 Å². The Hall–Kier alpha value is -1.32. The minimum Gasteiger partial charge on any atom is -0.478 e. The molecule has 0 saturated heterocycles. The molecular formula is C15H25N3O. The molecular weight excluding hydrogens is 238 g/mol. The van der Waals surface area contributed by atoms with E-state index in [0.29, 0.717) is 12.5 Å². The first-order valence-corrected chi connectivity index (χ1v) is 7.40. The predicted molar refractivity (Wildman–Crippen MR) is 77.5 cm³/mol. The van der Waals surface area contributed by atoms with Gasteiger partial charge in [-0.05, 0) is 32.1 Å². The number of hydrogen-bond acceptors (Lipinski definition) is 4. The van der Waals surface area contributed by atoms with E-state index in [1.807, 2.05) is 13.8 Å². The van der Waals surface area contributed by atoms with Gasteiger partial charge in [0.25, 0.3) is 0 Å². The van der Waals surface area contributed by atoms with Crippen molar-refractivity contribution in [3.63, 3.8) is 0 Å². The van der Waals surface area contributed by atoms with Crippen molar-refractivity contribution in [2.24, 2.45) is 11.8 Å². The van der Waals surface area contributed by atoms with Crippen LogP contribution in [0.15, 0.2) is 6.33 Å². The van der Waals surface area contributed by atoms with Crippen LogP contribution in [0.25, 0.3) is 0 Å². The monoisotopic (exact) mass is 263 g/mol. The zero-order chi connectivity index (χ0) is 13.7. The number of nitrogens with zero attached hydrogens (tertiary/aromatic N) is 2. The first-order chi connectivity index (χ1) is 9.22. The number of rotatable bonds is 5. The SMILES string of the molecule is CCOc1ncnc(NCC2CCCCC2C)c1C. The van der Waals surface area contributed by atoms with Gasteiger partial charge < -0.3 is 10.1 Å². The molecule has 4 nitrogen and oxygen atoms in total. The lowest BCUT2D eigenvalue weighted by Crippen LogP contribution is -2.25. The molecule has 1 aromatic heterocycles. The molecule has 1 fully saturated rings. The molecule has 1 aromatic rings. The number of ether oxygens (including phenoxy) is 1. The summed E-state index contributed by atoms with van der Waals surface area (Å²) >= 11 is 0. The summed E-state index contributed by atoms with van der Waals surface area (Å²) in [7, 11) is 0. The van der Waals surface area contributed by atoms with Crippen LogP contribution in [0.5, 0.6) is 5.88 Å². The van der Waals surface area contributed by atoms with Gasteiger partial charge in [0.05, 0.1) is 12.2 Å². The summed E-state index contributed by atoms with van der Waals surface area (Å²) in [5, 5.41) is 3.48. The molecule has 4 heteroatoms. The highest BCUT2D eigenvalue weighted by molar-refractivity contribution is 5.47. The summed E-state index contributed by atoms with van der Waals surface area (Å²) in [5.41, 5.74) is 1.01. The Balaban J connectivity index is 1.97. The van der Waals surface area contributed by atoms with E-state index in [-0.39, 0.29) is 0 Å². The fourth-order valence-corrected chi connectivity index (χ4v) is 2.82. The molecule has 1 aliphatic carbocycles. The number of hydrogen-bond donors (Lipinski definition) is 1. The average molecular weight is 263 g/mol. The summed E-state index contributed by atoms with van der Waals surface area (Å²) in [6.07, 6.45) is 7.02. The second-order valence-corrected chi connectivity index (χ2v) is 5.49. The van der Waals surface area contributed by atoms with E-state index in [1.54, 1.807) is 6.33 Å². The molecule has 106 valence electrons. The van der Waals surface area contributed by atoms with Crippen LogP contribution in [-0.4, -0.2) is 23.1 Å². The van der Waals surface area contributed by atoms with E-state index in [1.165, 1.54) is 25.7 Å². The van der Waals surface area contributed by atoms with E-state index in [9.17, 15) is 0 Å². The first-order valence-electron chi connectivity index (χ1n) is 7.40. The lowest BCUT2D eigenvalue weighted by molar-refractivity contribution is 0.268. The highest BCUT2D eigenvalue weighted by Gasteiger charge is 2.21. The van der Waals surface area contributed by atoms with Crippen LogP contribution in [0.1, 0.15) is 45.1 Å². The van der Waals surface area contributed by atoms with Crippen molar-refractivity contribution in [2.75, 3.05) is 18.5 Å². The molecule has 0 radical (unpaired) electrons. The van der Waals surface area contributed by atoms with Gasteiger partial charge in [0.1, 0.15) is 12.1 Å². The van der Waals surface area contributed by atoms with Gasteiger partial charge in [-0.3, -0.25) is 0 Å². The van der Waals surface area contributed by atoms with Crippen LogP contribution in [0.3, 0.4) is 0 Å². The second-order valence-electron chi connectivity index (χ2n) is 5.49. The van der Waals surface area contributed by atoms with Crippen LogP contribution in [-0.2, 0) is 0 Å². The van der Waals surface area contributed by atoms with E-state index in [4.69, 9.17) is 4.74 Å². The van der Waals surface area contributed by atoms with E-state index >= 15 is 0 Å². The minimum absolute atomic E-state index is 0.636. The molecule has 2 rings (SSSR count). The van der Waals surface area contributed by atoms with Crippen molar-refractivity contribution in [2.45, 2.75) is 46.5 Å². The average Bonchev–Trinajstić information content (AvgIpc) is 2.42. The molecule has 1 saturated carbocycles. The lowest BCUT2D eigenvalue weighted by atomic mass is 9.80. The van der Waals surface area contributed by atoms with Crippen molar-refractivity contribution in [3.8, 4) is 5.88 Å². The molecule has 1 N–H and O–H groups in total. The molecule has 19 heavy (non-hydrogen) atoms. The molecule has 1 heterocycles. The second kappa shape index (κ2) is 6.73. The third-order valence-corrected chi connectivity index (χ3v) is 4.14.